The fourth-order valence-electron chi connectivity index (χ4n) is 3.43. The summed E-state index contributed by atoms with van der Waals surface area (Å²) in [4.78, 5) is 2.63. The van der Waals surface area contributed by atoms with E-state index in [9.17, 15) is 5.11 Å². The lowest BCUT2D eigenvalue weighted by Gasteiger charge is -2.38. The lowest BCUT2D eigenvalue weighted by Crippen LogP contribution is -2.44. The minimum Gasteiger partial charge on any atom is -0.395 e. The van der Waals surface area contributed by atoms with Crippen LogP contribution in [0.5, 0.6) is 0 Å². The van der Waals surface area contributed by atoms with Crippen LogP contribution in [-0.2, 0) is 0 Å². The predicted molar refractivity (Wildman–Crippen MR) is 62.9 cm³/mol. The maximum Gasteiger partial charge on any atom is 0.0558 e. The van der Waals surface area contributed by atoms with E-state index in [0.717, 1.165) is 18.6 Å². The summed E-state index contributed by atoms with van der Waals surface area (Å²) in [6.07, 6.45) is 12.5. The Balaban J connectivity index is 1.90. The van der Waals surface area contributed by atoms with Gasteiger partial charge in [-0.1, -0.05) is 32.1 Å². The highest BCUT2D eigenvalue weighted by Crippen LogP contribution is 2.30. The highest BCUT2D eigenvalue weighted by Gasteiger charge is 2.28. The Morgan fingerprint density at radius 2 is 1.27 bits per heavy atom. The minimum absolute atomic E-state index is 0.340. The molecule has 2 nitrogen and oxygen atoms in total. The SMILES string of the molecule is OCCN(C1CCCCC1)C1CCCC1. The molecule has 0 saturated heterocycles. The molecule has 88 valence electrons. The van der Waals surface area contributed by atoms with E-state index in [0.29, 0.717) is 6.61 Å². The number of rotatable bonds is 4. The molecule has 2 rings (SSSR count). The molecule has 1 N–H and O–H groups in total. The third kappa shape index (κ3) is 2.94. The fraction of sp³-hybridized carbons (Fsp3) is 1.00. The van der Waals surface area contributed by atoms with E-state index in [1.807, 2.05) is 0 Å². The third-order valence-corrected chi connectivity index (χ3v) is 4.20. The van der Waals surface area contributed by atoms with Crippen LogP contribution in [0.2, 0.25) is 0 Å². The molecular weight excluding hydrogens is 186 g/mol. The van der Waals surface area contributed by atoms with Crippen LogP contribution >= 0.6 is 0 Å². The van der Waals surface area contributed by atoms with Gasteiger partial charge in [0.2, 0.25) is 0 Å². The molecule has 15 heavy (non-hydrogen) atoms. The van der Waals surface area contributed by atoms with E-state index < -0.39 is 0 Å². The molecule has 0 heterocycles. The molecule has 2 fully saturated rings. The molecule has 0 radical (unpaired) electrons. The molecule has 0 bridgehead atoms. The maximum atomic E-state index is 9.19. The summed E-state index contributed by atoms with van der Waals surface area (Å²) in [6.45, 7) is 1.25. The molecule has 0 spiro atoms. The first-order valence-electron chi connectivity index (χ1n) is 6.78. The van der Waals surface area contributed by atoms with Crippen molar-refractivity contribution in [3.05, 3.63) is 0 Å². The fourth-order valence-corrected chi connectivity index (χ4v) is 3.43. The zero-order valence-electron chi connectivity index (χ0n) is 9.83. The predicted octanol–water partition coefficient (Wildman–Crippen LogP) is 2.56. The number of hydrogen-bond acceptors (Lipinski definition) is 2. The first kappa shape index (κ1) is 11.4. The van der Waals surface area contributed by atoms with Gasteiger partial charge in [0.05, 0.1) is 6.61 Å². The Kier molecular flexibility index (Phi) is 4.45. The van der Waals surface area contributed by atoms with Crippen LogP contribution in [0.3, 0.4) is 0 Å². The van der Waals surface area contributed by atoms with Crippen LogP contribution in [0.25, 0.3) is 0 Å². The molecule has 0 unspecified atom stereocenters. The Labute approximate surface area is 93.7 Å². The van der Waals surface area contributed by atoms with Crippen molar-refractivity contribution in [2.45, 2.75) is 69.9 Å². The molecule has 0 aliphatic heterocycles. The zero-order valence-corrected chi connectivity index (χ0v) is 9.83. The lowest BCUT2D eigenvalue weighted by molar-refractivity contribution is 0.0825. The summed E-state index contributed by atoms with van der Waals surface area (Å²) in [5, 5.41) is 9.19. The van der Waals surface area contributed by atoms with Gasteiger partial charge in [-0.2, -0.15) is 0 Å². The van der Waals surface area contributed by atoms with Gasteiger partial charge in [-0.25, -0.2) is 0 Å². The van der Waals surface area contributed by atoms with Gasteiger partial charge in [-0.3, -0.25) is 4.90 Å². The van der Waals surface area contributed by atoms with E-state index in [1.54, 1.807) is 0 Å². The largest absolute Gasteiger partial charge is 0.395 e. The molecule has 2 aliphatic carbocycles. The highest BCUT2D eigenvalue weighted by atomic mass is 16.3. The summed E-state index contributed by atoms with van der Waals surface area (Å²) in [5.74, 6) is 0. The molecule has 0 aromatic rings. The van der Waals surface area contributed by atoms with E-state index >= 15 is 0 Å². The second-order valence-corrected chi connectivity index (χ2v) is 5.19. The zero-order chi connectivity index (χ0) is 10.5. The van der Waals surface area contributed by atoms with Gasteiger partial charge < -0.3 is 5.11 Å². The third-order valence-electron chi connectivity index (χ3n) is 4.20. The summed E-state index contributed by atoms with van der Waals surface area (Å²) >= 11 is 0. The van der Waals surface area contributed by atoms with Crippen LogP contribution in [-0.4, -0.2) is 35.2 Å². The molecule has 2 heteroatoms. The Morgan fingerprint density at radius 3 is 1.73 bits per heavy atom. The number of nitrogens with zero attached hydrogens (tertiary/aromatic N) is 1. The number of hydrogen-bond donors (Lipinski definition) is 1. The average Bonchev–Trinajstić information content (AvgIpc) is 2.80. The van der Waals surface area contributed by atoms with Gasteiger partial charge in [-0.05, 0) is 25.7 Å². The Morgan fingerprint density at radius 1 is 0.800 bits per heavy atom. The Hall–Kier alpha value is -0.0800. The van der Waals surface area contributed by atoms with Gasteiger partial charge in [0.25, 0.3) is 0 Å². The molecule has 0 amide bonds. The second kappa shape index (κ2) is 5.86. The van der Waals surface area contributed by atoms with E-state index in [1.165, 1.54) is 57.8 Å². The van der Waals surface area contributed by atoms with Gasteiger partial charge in [0.1, 0.15) is 0 Å². The lowest BCUT2D eigenvalue weighted by atomic mass is 9.93. The summed E-state index contributed by atoms with van der Waals surface area (Å²) in [7, 11) is 0. The van der Waals surface area contributed by atoms with Crippen LogP contribution in [0.4, 0.5) is 0 Å². The highest BCUT2D eigenvalue weighted by molar-refractivity contribution is 4.84. The van der Waals surface area contributed by atoms with Gasteiger partial charge >= 0.3 is 0 Å². The van der Waals surface area contributed by atoms with Crippen molar-refractivity contribution >= 4 is 0 Å². The quantitative estimate of drug-likeness (QED) is 0.772. The van der Waals surface area contributed by atoms with E-state index in [4.69, 9.17) is 0 Å². The van der Waals surface area contributed by atoms with Crippen molar-refractivity contribution in [2.75, 3.05) is 13.2 Å². The van der Waals surface area contributed by atoms with Gasteiger partial charge in [0.15, 0.2) is 0 Å². The van der Waals surface area contributed by atoms with E-state index in [2.05, 4.69) is 4.90 Å². The van der Waals surface area contributed by atoms with Crippen LogP contribution in [0, 0.1) is 0 Å². The molecular formula is C13H25NO. The van der Waals surface area contributed by atoms with Crippen LogP contribution in [0.15, 0.2) is 0 Å². The number of aliphatic hydroxyl groups excluding tert-OH is 1. The Bertz CT molecular complexity index is 171. The van der Waals surface area contributed by atoms with Crippen LogP contribution in [0.1, 0.15) is 57.8 Å². The van der Waals surface area contributed by atoms with Crippen molar-refractivity contribution in [3.63, 3.8) is 0 Å². The van der Waals surface area contributed by atoms with Gasteiger partial charge in [0, 0.05) is 18.6 Å². The van der Waals surface area contributed by atoms with Crippen molar-refractivity contribution < 1.29 is 5.11 Å². The topological polar surface area (TPSA) is 23.5 Å². The first-order valence-corrected chi connectivity index (χ1v) is 6.78. The summed E-state index contributed by atoms with van der Waals surface area (Å²) in [6, 6.07) is 1.58. The average molecular weight is 211 g/mol. The molecule has 0 aromatic carbocycles. The summed E-state index contributed by atoms with van der Waals surface area (Å²) in [5.41, 5.74) is 0. The smallest absolute Gasteiger partial charge is 0.0558 e. The normalized spacial score (nSPS) is 25.2. The molecule has 0 atom stereocenters. The van der Waals surface area contributed by atoms with E-state index in [-0.39, 0.29) is 0 Å². The first-order chi connectivity index (χ1) is 7.42. The molecule has 2 aliphatic rings. The second-order valence-electron chi connectivity index (χ2n) is 5.19. The molecule has 0 aromatic heterocycles. The van der Waals surface area contributed by atoms with Crippen molar-refractivity contribution in [3.8, 4) is 0 Å². The standard InChI is InChI=1S/C13H25NO/c15-11-10-14(13-8-4-5-9-13)12-6-2-1-3-7-12/h12-13,15H,1-11H2. The van der Waals surface area contributed by atoms with Crippen molar-refractivity contribution in [1.82, 2.24) is 4.90 Å². The maximum absolute atomic E-state index is 9.19. The summed E-state index contributed by atoms with van der Waals surface area (Å²) < 4.78 is 0. The van der Waals surface area contributed by atoms with Crippen LogP contribution < -0.4 is 0 Å². The number of aliphatic hydroxyl groups is 1. The van der Waals surface area contributed by atoms with Crippen molar-refractivity contribution in [2.24, 2.45) is 0 Å². The minimum atomic E-state index is 0.340. The van der Waals surface area contributed by atoms with Crippen molar-refractivity contribution in [1.29, 1.82) is 0 Å². The van der Waals surface area contributed by atoms with Gasteiger partial charge in [-0.15, -0.1) is 0 Å². The molecule has 2 saturated carbocycles. The monoisotopic (exact) mass is 211 g/mol.